The number of carboxylic acid groups (broad SMARTS) is 1. The largest absolute Gasteiger partial charge is 0.497 e. The molecule has 1 aromatic rings. The van der Waals surface area contributed by atoms with E-state index in [0.29, 0.717) is 5.92 Å². The molecule has 1 aliphatic rings. The number of methoxy groups -OCH3 is 1. The van der Waals surface area contributed by atoms with E-state index < -0.39 is 11.4 Å². The molecule has 17 heavy (non-hydrogen) atoms. The average Bonchev–Trinajstić information content (AvgIpc) is 2.28. The van der Waals surface area contributed by atoms with Crippen LogP contribution in [0.1, 0.15) is 31.7 Å². The van der Waals surface area contributed by atoms with Gasteiger partial charge in [-0.15, -0.1) is 0 Å². The molecule has 2 rings (SSSR count). The summed E-state index contributed by atoms with van der Waals surface area (Å²) < 4.78 is 5.16. The molecule has 0 radical (unpaired) electrons. The third kappa shape index (κ3) is 1.90. The Morgan fingerprint density at radius 2 is 2.24 bits per heavy atom. The van der Waals surface area contributed by atoms with Crippen LogP contribution < -0.4 is 4.74 Å². The first-order valence-electron chi connectivity index (χ1n) is 6.00. The van der Waals surface area contributed by atoms with Gasteiger partial charge in [-0.2, -0.15) is 0 Å². The van der Waals surface area contributed by atoms with Gasteiger partial charge in [-0.25, -0.2) is 0 Å². The van der Waals surface area contributed by atoms with Gasteiger partial charge in [0.25, 0.3) is 0 Å². The van der Waals surface area contributed by atoms with Crippen molar-refractivity contribution in [3.05, 3.63) is 29.8 Å². The van der Waals surface area contributed by atoms with Crippen LogP contribution in [0, 0.1) is 5.92 Å². The highest BCUT2D eigenvalue weighted by Gasteiger charge is 2.50. The highest BCUT2D eigenvalue weighted by molar-refractivity contribution is 5.83. The molecule has 1 aliphatic carbocycles. The molecule has 1 saturated carbocycles. The molecule has 0 heterocycles. The maximum atomic E-state index is 11.5. The smallest absolute Gasteiger partial charge is 0.314 e. The number of hydrogen-bond acceptors (Lipinski definition) is 2. The Hall–Kier alpha value is -1.51. The lowest BCUT2D eigenvalue weighted by atomic mass is 9.58. The van der Waals surface area contributed by atoms with Crippen molar-refractivity contribution in [2.75, 3.05) is 7.11 Å². The van der Waals surface area contributed by atoms with E-state index in [2.05, 4.69) is 6.92 Å². The standard InChI is InChI=1S/C14H18O3/c1-3-10-8-14(9-10,13(15)16)11-5-4-6-12(7-11)17-2/h4-7,10H,3,8-9H2,1-2H3,(H,15,16). The number of hydrogen-bond donors (Lipinski definition) is 1. The molecule has 1 N–H and O–H groups in total. The van der Waals surface area contributed by atoms with Gasteiger partial charge in [-0.3, -0.25) is 4.79 Å². The minimum atomic E-state index is -0.713. The molecule has 0 atom stereocenters. The van der Waals surface area contributed by atoms with Crippen molar-refractivity contribution in [3.8, 4) is 5.75 Å². The van der Waals surface area contributed by atoms with Gasteiger partial charge in [0.2, 0.25) is 0 Å². The summed E-state index contributed by atoms with van der Waals surface area (Å²) in [6, 6.07) is 7.44. The summed E-state index contributed by atoms with van der Waals surface area (Å²) in [6.45, 7) is 2.11. The van der Waals surface area contributed by atoms with E-state index in [-0.39, 0.29) is 0 Å². The first-order chi connectivity index (χ1) is 8.12. The van der Waals surface area contributed by atoms with E-state index in [4.69, 9.17) is 4.74 Å². The highest BCUT2D eigenvalue weighted by Crippen LogP contribution is 2.49. The molecule has 92 valence electrons. The monoisotopic (exact) mass is 234 g/mol. The zero-order valence-electron chi connectivity index (χ0n) is 10.3. The van der Waals surface area contributed by atoms with Crippen molar-refractivity contribution in [3.63, 3.8) is 0 Å². The molecule has 0 spiro atoms. The fraction of sp³-hybridized carbons (Fsp3) is 0.500. The fourth-order valence-electron chi connectivity index (χ4n) is 2.67. The third-order valence-corrected chi connectivity index (χ3v) is 3.88. The molecule has 0 aromatic heterocycles. The maximum Gasteiger partial charge on any atom is 0.314 e. The molecular formula is C14H18O3. The van der Waals surface area contributed by atoms with Gasteiger partial charge in [0, 0.05) is 0 Å². The fourth-order valence-corrected chi connectivity index (χ4v) is 2.67. The second kappa shape index (κ2) is 4.40. The highest BCUT2D eigenvalue weighted by atomic mass is 16.5. The third-order valence-electron chi connectivity index (χ3n) is 3.88. The van der Waals surface area contributed by atoms with Gasteiger partial charge in [-0.05, 0) is 36.5 Å². The number of carbonyl (C=O) groups is 1. The van der Waals surface area contributed by atoms with E-state index in [1.807, 2.05) is 24.3 Å². The van der Waals surface area contributed by atoms with Gasteiger partial charge in [0.15, 0.2) is 0 Å². The van der Waals surface area contributed by atoms with Crippen LogP contribution in [0.15, 0.2) is 24.3 Å². The maximum absolute atomic E-state index is 11.5. The Morgan fingerprint density at radius 1 is 1.53 bits per heavy atom. The summed E-state index contributed by atoms with van der Waals surface area (Å²) in [5.41, 5.74) is 0.184. The van der Waals surface area contributed by atoms with Crippen LogP contribution in [0.2, 0.25) is 0 Å². The lowest BCUT2D eigenvalue weighted by molar-refractivity contribution is -0.149. The van der Waals surface area contributed by atoms with Crippen LogP contribution in [-0.4, -0.2) is 18.2 Å². The Morgan fingerprint density at radius 3 is 2.76 bits per heavy atom. The molecular weight excluding hydrogens is 216 g/mol. The van der Waals surface area contributed by atoms with Crippen LogP contribution >= 0.6 is 0 Å². The van der Waals surface area contributed by atoms with E-state index in [9.17, 15) is 9.90 Å². The van der Waals surface area contributed by atoms with Gasteiger partial charge in [0.05, 0.1) is 12.5 Å². The van der Waals surface area contributed by atoms with Crippen LogP contribution in [0.5, 0.6) is 5.75 Å². The van der Waals surface area contributed by atoms with Crippen molar-refractivity contribution < 1.29 is 14.6 Å². The Bertz CT molecular complexity index is 419. The summed E-state index contributed by atoms with van der Waals surface area (Å²) in [6.07, 6.45) is 2.54. The molecule has 1 fully saturated rings. The van der Waals surface area contributed by atoms with E-state index in [1.54, 1.807) is 7.11 Å². The minimum Gasteiger partial charge on any atom is -0.497 e. The van der Waals surface area contributed by atoms with E-state index >= 15 is 0 Å². The quantitative estimate of drug-likeness (QED) is 0.871. The molecule has 0 saturated heterocycles. The second-order valence-corrected chi connectivity index (χ2v) is 4.80. The van der Waals surface area contributed by atoms with Crippen LogP contribution in [0.4, 0.5) is 0 Å². The average molecular weight is 234 g/mol. The summed E-state index contributed by atoms with van der Waals surface area (Å²) in [5, 5.41) is 9.47. The number of rotatable bonds is 4. The first kappa shape index (κ1) is 12.0. The van der Waals surface area contributed by atoms with Crippen molar-refractivity contribution >= 4 is 5.97 Å². The lowest BCUT2D eigenvalue weighted by Crippen LogP contribution is -2.47. The predicted octanol–water partition coefficient (Wildman–Crippen LogP) is 2.84. The van der Waals surface area contributed by atoms with Crippen molar-refractivity contribution in [1.82, 2.24) is 0 Å². The van der Waals surface area contributed by atoms with E-state index in [0.717, 1.165) is 30.6 Å². The first-order valence-corrected chi connectivity index (χ1v) is 6.00. The Balaban J connectivity index is 2.31. The molecule has 0 aliphatic heterocycles. The van der Waals surface area contributed by atoms with Crippen molar-refractivity contribution in [2.24, 2.45) is 5.92 Å². The molecule has 0 bridgehead atoms. The minimum absolute atomic E-state index is 0.539. The van der Waals surface area contributed by atoms with Gasteiger partial charge < -0.3 is 9.84 Å². The topological polar surface area (TPSA) is 46.5 Å². The Labute approximate surface area is 101 Å². The SMILES string of the molecule is CCC1CC(C(=O)O)(c2cccc(OC)c2)C1. The van der Waals surface area contributed by atoms with E-state index in [1.165, 1.54) is 0 Å². The van der Waals surface area contributed by atoms with Gasteiger partial charge in [-0.1, -0.05) is 25.5 Å². The molecule has 3 heteroatoms. The van der Waals surface area contributed by atoms with Gasteiger partial charge in [0.1, 0.15) is 5.75 Å². The zero-order chi connectivity index (χ0) is 12.5. The summed E-state index contributed by atoms with van der Waals surface area (Å²) in [5.74, 6) is 0.552. The molecule has 0 unspecified atom stereocenters. The lowest BCUT2D eigenvalue weighted by Gasteiger charge is -2.44. The normalized spacial score (nSPS) is 27.3. The predicted molar refractivity (Wildman–Crippen MR) is 65.3 cm³/mol. The van der Waals surface area contributed by atoms with Crippen molar-refractivity contribution in [2.45, 2.75) is 31.6 Å². The number of ether oxygens (including phenoxy) is 1. The number of aliphatic carboxylic acids is 1. The number of benzene rings is 1. The Kier molecular flexibility index (Phi) is 3.09. The molecule has 1 aromatic carbocycles. The van der Waals surface area contributed by atoms with Gasteiger partial charge >= 0.3 is 5.97 Å². The number of carboxylic acids is 1. The zero-order valence-corrected chi connectivity index (χ0v) is 10.3. The molecule has 3 nitrogen and oxygen atoms in total. The van der Waals surface area contributed by atoms with Crippen molar-refractivity contribution in [1.29, 1.82) is 0 Å². The van der Waals surface area contributed by atoms with Crippen LogP contribution in [-0.2, 0) is 10.2 Å². The van der Waals surface area contributed by atoms with Crippen LogP contribution in [0.25, 0.3) is 0 Å². The summed E-state index contributed by atoms with van der Waals surface area (Å²) in [7, 11) is 1.60. The van der Waals surface area contributed by atoms with Crippen LogP contribution in [0.3, 0.4) is 0 Å². The summed E-state index contributed by atoms with van der Waals surface area (Å²) in [4.78, 5) is 11.5. The summed E-state index contributed by atoms with van der Waals surface area (Å²) >= 11 is 0. The second-order valence-electron chi connectivity index (χ2n) is 4.80. The molecule has 0 amide bonds.